The minimum absolute atomic E-state index is 0. The summed E-state index contributed by atoms with van der Waals surface area (Å²) in [4.78, 5) is 22.0. The Labute approximate surface area is 183 Å². The molecule has 5 heteroatoms. The molecule has 0 aliphatic heterocycles. The van der Waals surface area contributed by atoms with Crippen molar-refractivity contribution in [3.05, 3.63) is 0 Å². The van der Waals surface area contributed by atoms with E-state index in [0.717, 1.165) is 19.3 Å². The van der Waals surface area contributed by atoms with Crippen LogP contribution in [0.1, 0.15) is 117 Å². The van der Waals surface area contributed by atoms with E-state index in [1.54, 1.807) is 0 Å². The summed E-state index contributed by atoms with van der Waals surface area (Å²) in [5.74, 6) is -1.49. The van der Waals surface area contributed by atoms with Gasteiger partial charge in [0.25, 0.3) is 0 Å². The molecule has 0 saturated heterocycles. The number of hydrogen-bond donors (Lipinski definition) is 1. The quantitative estimate of drug-likeness (QED) is 0.190. The van der Waals surface area contributed by atoms with Crippen molar-refractivity contribution in [2.24, 2.45) is 0 Å². The number of carbonyl (C=O) groups excluding carboxylic acids is 1. The molecule has 0 spiro atoms. The van der Waals surface area contributed by atoms with E-state index < -0.39 is 18.0 Å². The first-order valence-corrected chi connectivity index (χ1v) is 10.5. The predicted molar refractivity (Wildman–Crippen MR) is 110 cm³/mol. The Hall–Kier alpha value is -0.0600. The zero-order valence-electron chi connectivity index (χ0n) is 16.6. The number of aliphatic carboxylic acids is 1. The average molecular weight is 381 g/mol. The Morgan fingerprint density at radius 2 is 1.08 bits per heavy atom. The Morgan fingerprint density at radius 3 is 1.42 bits per heavy atom. The first-order chi connectivity index (χ1) is 12.1. The van der Waals surface area contributed by atoms with Crippen LogP contribution in [-0.4, -0.2) is 52.7 Å². The summed E-state index contributed by atoms with van der Waals surface area (Å²) < 4.78 is 4.79. The second-order valence-electron chi connectivity index (χ2n) is 7.17. The molecule has 0 aliphatic rings. The molecule has 4 nitrogen and oxygen atoms in total. The van der Waals surface area contributed by atoms with Gasteiger partial charge < -0.3 is 9.84 Å². The number of carbonyl (C=O) groups is 2. The van der Waals surface area contributed by atoms with Crippen LogP contribution in [0.5, 0.6) is 0 Å². The summed E-state index contributed by atoms with van der Waals surface area (Å²) in [5.41, 5.74) is 0. The molecule has 1 unspecified atom stereocenters. The van der Waals surface area contributed by atoms with Crippen molar-refractivity contribution in [1.29, 1.82) is 0 Å². The van der Waals surface area contributed by atoms with Crippen molar-refractivity contribution in [2.45, 2.75) is 123 Å². The third-order valence-electron chi connectivity index (χ3n) is 4.64. The Bertz CT molecular complexity index is 334. The van der Waals surface area contributed by atoms with Crippen LogP contribution in [0, 0.1) is 0 Å². The van der Waals surface area contributed by atoms with Gasteiger partial charge in [-0.15, -0.1) is 0 Å². The van der Waals surface area contributed by atoms with Crippen molar-refractivity contribution in [2.75, 3.05) is 0 Å². The molecule has 26 heavy (non-hydrogen) atoms. The molecular formula is C21H41NaO4. The van der Waals surface area contributed by atoms with Crippen LogP contribution in [0.25, 0.3) is 0 Å². The maximum absolute atomic E-state index is 11.4. The molecule has 0 saturated carbocycles. The van der Waals surface area contributed by atoms with Crippen LogP contribution in [-0.2, 0) is 14.3 Å². The number of hydrogen-bond acceptors (Lipinski definition) is 3. The molecule has 150 valence electrons. The molecule has 0 fully saturated rings. The fourth-order valence-corrected chi connectivity index (χ4v) is 2.95. The molecule has 1 atom stereocenters. The van der Waals surface area contributed by atoms with Gasteiger partial charge in [-0.1, -0.05) is 96.8 Å². The summed E-state index contributed by atoms with van der Waals surface area (Å²) in [6.07, 6.45) is 18.6. The van der Waals surface area contributed by atoms with Crippen molar-refractivity contribution in [3.8, 4) is 0 Å². The van der Waals surface area contributed by atoms with Gasteiger partial charge in [-0.2, -0.15) is 0 Å². The van der Waals surface area contributed by atoms with Gasteiger partial charge in [0, 0.05) is 6.42 Å². The van der Waals surface area contributed by atoms with E-state index in [4.69, 9.17) is 9.84 Å². The predicted octanol–water partition coefficient (Wildman–Crippen LogP) is 5.62. The van der Waals surface area contributed by atoms with Gasteiger partial charge >= 0.3 is 41.5 Å². The Morgan fingerprint density at radius 1 is 0.731 bits per heavy atom. The van der Waals surface area contributed by atoms with Crippen molar-refractivity contribution in [1.82, 2.24) is 0 Å². The third-order valence-corrected chi connectivity index (χ3v) is 4.64. The molecule has 0 aromatic heterocycles. The Balaban J connectivity index is 0. The van der Waals surface area contributed by atoms with Gasteiger partial charge in [0.1, 0.15) is 0 Å². The van der Waals surface area contributed by atoms with Gasteiger partial charge in [-0.05, 0) is 13.3 Å². The number of rotatable bonds is 18. The van der Waals surface area contributed by atoms with E-state index in [2.05, 4.69) is 6.92 Å². The van der Waals surface area contributed by atoms with Crippen LogP contribution in [0.4, 0.5) is 0 Å². The topological polar surface area (TPSA) is 63.6 Å². The molecule has 0 amide bonds. The maximum atomic E-state index is 11.4. The minimum atomic E-state index is -1.09. The summed E-state index contributed by atoms with van der Waals surface area (Å²) in [6.45, 7) is 3.64. The number of carboxylic acids is 1. The third kappa shape index (κ3) is 20.3. The van der Waals surface area contributed by atoms with E-state index in [0.29, 0.717) is 6.42 Å². The van der Waals surface area contributed by atoms with Crippen molar-refractivity contribution < 1.29 is 19.4 Å². The second kappa shape index (κ2) is 21.2. The number of carboxylic acid groups (broad SMARTS) is 1. The zero-order valence-corrected chi connectivity index (χ0v) is 16.6. The van der Waals surface area contributed by atoms with Gasteiger partial charge in [-0.3, -0.25) is 4.79 Å². The normalized spacial score (nSPS) is 11.6. The molecule has 0 aliphatic carbocycles. The molecule has 0 aromatic carbocycles. The van der Waals surface area contributed by atoms with Crippen molar-refractivity contribution >= 4 is 41.5 Å². The molecule has 0 rings (SSSR count). The second-order valence-corrected chi connectivity index (χ2v) is 7.17. The summed E-state index contributed by atoms with van der Waals surface area (Å²) in [5, 5.41) is 8.66. The van der Waals surface area contributed by atoms with E-state index in [1.807, 2.05) is 0 Å². The SMILES string of the molecule is CCCCCCCCCCCCCCCCCC(=O)OC(C)C(=O)O.[NaH]. The zero-order chi connectivity index (χ0) is 18.8. The molecule has 1 N–H and O–H groups in total. The summed E-state index contributed by atoms with van der Waals surface area (Å²) in [7, 11) is 0. The van der Waals surface area contributed by atoms with Gasteiger partial charge in [0.05, 0.1) is 0 Å². The summed E-state index contributed by atoms with van der Waals surface area (Å²) in [6, 6.07) is 0. The number of esters is 1. The number of unbranched alkanes of at least 4 members (excludes halogenated alkanes) is 14. The first kappa shape index (κ1) is 28.2. The van der Waals surface area contributed by atoms with Crippen LogP contribution in [0.2, 0.25) is 0 Å². The van der Waals surface area contributed by atoms with E-state index >= 15 is 0 Å². The van der Waals surface area contributed by atoms with Crippen LogP contribution in [0.3, 0.4) is 0 Å². The van der Waals surface area contributed by atoms with Crippen LogP contribution >= 0.6 is 0 Å². The van der Waals surface area contributed by atoms with Crippen LogP contribution < -0.4 is 0 Å². The number of ether oxygens (including phenoxy) is 1. The van der Waals surface area contributed by atoms with E-state index in [9.17, 15) is 9.59 Å². The fourth-order valence-electron chi connectivity index (χ4n) is 2.95. The van der Waals surface area contributed by atoms with Gasteiger partial charge in [0.2, 0.25) is 0 Å². The molecule has 0 bridgehead atoms. The van der Waals surface area contributed by atoms with Crippen LogP contribution in [0.15, 0.2) is 0 Å². The standard InChI is InChI=1S/C21H40O4.Na.H/c1-3-4-5-6-7-8-9-10-11-12-13-14-15-16-17-18-20(22)25-19(2)21(23)24;;/h19H,3-18H2,1-2H3,(H,23,24);;. The first-order valence-electron chi connectivity index (χ1n) is 10.5. The average Bonchev–Trinajstić information content (AvgIpc) is 2.58. The van der Waals surface area contributed by atoms with Gasteiger partial charge in [-0.25, -0.2) is 4.79 Å². The molecule has 0 heterocycles. The van der Waals surface area contributed by atoms with Crippen molar-refractivity contribution in [3.63, 3.8) is 0 Å². The molecule has 0 radical (unpaired) electrons. The van der Waals surface area contributed by atoms with E-state index in [-0.39, 0.29) is 29.6 Å². The molecule has 0 aromatic rings. The molecular weight excluding hydrogens is 339 g/mol. The van der Waals surface area contributed by atoms with E-state index in [1.165, 1.54) is 84.0 Å². The summed E-state index contributed by atoms with van der Waals surface area (Å²) >= 11 is 0. The van der Waals surface area contributed by atoms with Gasteiger partial charge in [0.15, 0.2) is 6.10 Å². The fraction of sp³-hybridized carbons (Fsp3) is 0.905. The monoisotopic (exact) mass is 380 g/mol. The Kier molecular flexibility index (Phi) is 23.0.